The number of hydrogen-bond donors (Lipinski definition) is 0. The van der Waals surface area contributed by atoms with Crippen LogP contribution < -0.4 is 0 Å². The third-order valence-electron chi connectivity index (χ3n) is 2.96. The molecule has 0 heterocycles. The summed E-state index contributed by atoms with van der Waals surface area (Å²) in [6.45, 7) is 5.69. The van der Waals surface area contributed by atoms with Crippen LogP contribution in [0.25, 0.3) is 0 Å². The van der Waals surface area contributed by atoms with Crippen molar-refractivity contribution < 1.29 is 4.21 Å². The van der Waals surface area contributed by atoms with Gasteiger partial charge in [-0.15, -0.1) is 0 Å². The Labute approximate surface area is 116 Å². The Bertz CT molecular complexity index is 462. The second kappa shape index (κ2) is 6.36. The van der Waals surface area contributed by atoms with Gasteiger partial charge in [0.25, 0.3) is 0 Å². The zero-order valence-electron chi connectivity index (χ0n) is 10.9. The average molecular weight is 284 g/mol. The van der Waals surface area contributed by atoms with E-state index in [1.54, 1.807) is 0 Å². The van der Waals surface area contributed by atoms with Crippen molar-refractivity contribution in [2.24, 2.45) is 5.41 Å². The molecule has 0 radical (unpaired) electrons. The molecule has 0 saturated heterocycles. The predicted molar refractivity (Wildman–Crippen MR) is 76.9 cm³/mol. The molecule has 0 N–H and O–H groups in total. The fourth-order valence-corrected chi connectivity index (χ4v) is 3.13. The normalized spacial score (nSPS) is 14.8. The van der Waals surface area contributed by atoms with Crippen LogP contribution >= 0.6 is 11.6 Å². The second-order valence-corrected chi connectivity index (χ2v) is 7.34. The standard InChI is InChI=1S/C14H18ClNOS/c1-11(12-4-6-13(15)7-5-12)18(17)9-8-14(2,3)10-16/h4-7,11H,8-9H2,1-3H3/t11-,18-/m1/s1. The summed E-state index contributed by atoms with van der Waals surface area (Å²) < 4.78 is 12.2. The molecule has 1 aromatic rings. The van der Waals surface area contributed by atoms with E-state index in [2.05, 4.69) is 6.07 Å². The van der Waals surface area contributed by atoms with Crippen molar-refractivity contribution in [3.05, 3.63) is 34.9 Å². The van der Waals surface area contributed by atoms with E-state index in [0.717, 1.165) is 5.56 Å². The molecule has 0 aliphatic carbocycles. The molecule has 0 aromatic heterocycles. The first-order valence-electron chi connectivity index (χ1n) is 5.89. The zero-order chi connectivity index (χ0) is 13.8. The van der Waals surface area contributed by atoms with Crippen LogP contribution in [-0.4, -0.2) is 9.96 Å². The molecular weight excluding hydrogens is 266 g/mol. The minimum atomic E-state index is -0.965. The zero-order valence-corrected chi connectivity index (χ0v) is 12.5. The summed E-state index contributed by atoms with van der Waals surface area (Å²) in [7, 11) is -0.965. The van der Waals surface area contributed by atoms with E-state index in [0.29, 0.717) is 17.2 Å². The number of benzene rings is 1. The van der Waals surface area contributed by atoms with Gasteiger partial charge in [0, 0.05) is 21.6 Å². The molecule has 0 spiro atoms. The number of halogens is 1. The van der Waals surface area contributed by atoms with Crippen LogP contribution in [0.1, 0.15) is 38.0 Å². The summed E-state index contributed by atoms with van der Waals surface area (Å²) in [4.78, 5) is 0. The Kier molecular flexibility index (Phi) is 5.37. The molecule has 2 nitrogen and oxygen atoms in total. The lowest BCUT2D eigenvalue weighted by Gasteiger charge is -2.17. The number of nitrogens with zero attached hydrogens (tertiary/aromatic N) is 1. The van der Waals surface area contributed by atoms with Crippen molar-refractivity contribution in [3.8, 4) is 6.07 Å². The van der Waals surface area contributed by atoms with Gasteiger partial charge in [-0.05, 0) is 44.9 Å². The lowest BCUT2D eigenvalue weighted by Crippen LogP contribution is -2.15. The van der Waals surface area contributed by atoms with Crippen LogP contribution in [0.15, 0.2) is 24.3 Å². The molecule has 0 unspecified atom stereocenters. The topological polar surface area (TPSA) is 40.9 Å². The third-order valence-corrected chi connectivity index (χ3v) is 4.88. The van der Waals surface area contributed by atoms with Crippen molar-refractivity contribution in [3.63, 3.8) is 0 Å². The van der Waals surface area contributed by atoms with Crippen LogP contribution in [0.3, 0.4) is 0 Å². The van der Waals surface area contributed by atoms with Gasteiger partial charge >= 0.3 is 0 Å². The molecule has 0 fully saturated rings. The molecule has 98 valence electrons. The maximum absolute atomic E-state index is 12.2. The molecule has 4 heteroatoms. The Morgan fingerprint density at radius 1 is 1.39 bits per heavy atom. The van der Waals surface area contributed by atoms with Crippen LogP contribution in [0, 0.1) is 16.7 Å². The van der Waals surface area contributed by atoms with Gasteiger partial charge in [-0.1, -0.05) is 23.7 Å². The number of nitriles is 1. The van der Waals surface area contributed by atoms with Crippen molar-refractivity contribution in [1.82, 2.24) is 0 Å². The first kappa shape index (κ1) is 15.2. The molecule has 18 heavy (non-hydrogen) atoms. The first-order valence-corrected chi connectivity index (χ1v) is 7.65. The summed E-state index contributed by atoms with van der Waals surface area (Å²) in [5.41, 5.74) is 0.613. The molecule has 0 saturated carbocycles. The van der Waals surface area contributed by atoms with E-state index in [1.807, 2.05) is 45.0 Å². The van der Waals surface area contributed by atoms with Gasteiger partial charge in [-0.2, -0.15) is 5.26 Å². The van der Waals surface area contributed by atoms with Crippen molar-refractivity contribution in [1.29, 1.82) is 5.26 Å². The maximum Gasteiger partial charge on any atom is 0.0684 e. The highest BCUT2D eigenvalue weighted by atomic mass is 35.5. The SMILES string of the molecule is C[C@H](c1ccc(Cl)cc1)[S@](=O)CCC(C)(C)C#N. The van der Waals surface area contributed by atoms with Crippen molar-refractivity contribution in [2.75, 3.05) is 5.75 Å². The minimum Gasteiger partial charge on any atom is -0.259 e. The number of hydrogen-bond acceptors (Lipinski definition) is 2. The second-order valence-electron chi connectivity index (χ2n) is 5.02. The van der Waals surface area contributed by atoms with Gasteiger partial charge in [0.2, 0.25) is 0 Å². The van der Waals surface area contributed by atoms with Gasteiger partial charge in [-0.3, -0.25) is 4.21 Å². The molecule has 1 rings (SSSR count). The van der Waals surface area contributed by atoms with Crippen LogP contribution in [0.4, 0.5) is 0 Å². The van der Waals surface area contributed by atoms with Crippen LogP contribution in [0.2, 0.25) is 5.02 Å². The first-order chi connectivity index (χ1) is 8.35. The summed E-state index contributed by atoms with van der Waals surface area (Å²) in [5, 5.41) is 9.58. The lowest BCUT2D eigenvalue weighted by molar-refractivity contribution is 0.478. The van der Waals surface area contributed by atoms with E-state index in [9.17, 15) is 4.21 Å². The fourth-order valence-electron chi connectivity index (χ4n) is 1.47. The van der Waals surface area contributed by atoms with Crippen molar-refractivity contribution in [2.45, 2.75) is 32.4 Å². The van der Waals surface area contributed by atoms with Gasteiger partial charge < -0.3 is 0 Å². The Morgan fingerprint density at radius 2 is 1.94 bits per heavy atom. The highest BCUT2D eigenvalue weighted by Crippen LogP contribution is 2.25. The summed E-state index contributed by atoms with van der Waals surface area (Å²) in [6, 6.07) is 9.66. The predicted octanol–water partition coefficient (Wildman–Crippen LogP) is 4.09. The Morgan fingerprint density at radius 3 is 2.44 bits per heavy atom. The van der Waals surface area contributed by atoms with Crippen LogP contribution in [0.5, 0.6) is 0 Å². The van der Waals surface area contributed by atoms with Gasteiger partial charge in [0.15, 0.2) is 0 Å². The van der Waals surface area contributed by atoms with E-state index in [4.69, 9.17) is 16.9 Å². The third kappa shape index (κ3) is 4.44. The molecule has 0 amide bonds. The fraction of sp³-hybridized carbons (Fsp3) is 0.500. The van der Waals surface area contributed by atoms with E-state index in [-0.39, 0.29) is 5.25 Å². The number of rotatable bonds is 5. The van der Waals surface area contributed by atoms with Gasteiger partial charge in [0.1, 0.15) is 0 Å². The van der Waals surface area contributed by atoms with Gasteiger partial charge in [0.05, 0.1) is 16.7 Å². The molecule has 0 bridgehead atoms. The summed E-state index contributed by atoms with van der Waals surface area (Å²) in [6.07, 6.45) is 0.647. The molecule has 0 aliphatic rings. The largest absolute Gasteiger partial charge is 0.259 e. The van der Waals surface area contributed by atoms with Crippen LogP contribution in [-0.2, 0) is 10.8 Å². The molecule has 2 atom stereocenters. The highest BCUT2D eigenvalue weighted by Gasteiger charge is 2.20. The monoisotopic (exact) mass is 283 g/mol. The summed E-state index contributed by atoms with van der Waals surface area (Å²) >= 11 is 5.82. The maximum atomic E-state index is 12.2. The van der Waals surface area contributed by atoms with E-state index in [1.165, 1.54) is 0 Å². The van der Waals surface area contributed by atoms with E-state index < -0.39 is 16.2 Å². The summed E-state index contributed by atoms with van der Waals surface area (Å²) in [5.74, 6) is 0.546. The smallest absolute Gasteiger partial charge is 0.0684 e. The quantitative estimate of drug-likeness (QED) is 0.817. The Hall–Kier alpha value is -0.850. The molecule has 1 aromatic carbocycles. The average Bonchev–Trinajstić information content (AvgIpc) is 2.36. The lowest BCUT2D eigenvalue weighted by atomic mass is 9.93. The molecule has 0 aliphatic heterocycles. The minimum absolute atomic E-state index is 0.0308. The van der Waals surface area contributed by atoms with Gasteiger partial charge in [-0.25, -0.2) is 0 Å². The highest BCUT2D eigenvalue weighted by molar-refractivity contribution is 7.85. The van der Waals surface area contributed by atoms with E-state index >= 15 is 0 Å². The Balaban J connectivity index is 2.63. The molecular formula is C14H18ClNOS. The van der Waals surface area contributed by atoms with Crippen molar-refractivity contribution >= 4 is 22.4 Å².